The zero-order valence-electron chi connectivity index (χ0n) is 12.8. The van der Waals surface area contributed by atoms with E-state index in [1.54, 1.807) is 0 Å². The van der Waals surface area contributed by atoms with Crippen LogP contribution in [0.5, 0.6) is 0 Å². The predicted molar refractivity (Wildman–Crippen MR) is 75.0 cm³/mol. The highest BCUT2D eigenvalue weighted by Gasteiger charge is 2.44. The van der Waals surface area contributed by atoms with Crippen LogP contribution in [0.25, 0.3) is 0 Å². The van der Waals surface area contributed by atoms with Crippen LogP contribution in [-0.4, -0.2) is 74.9 Å². The molecule has 0 unspecified atom stereocenters. The summed E-state index contributed by atoms with van der Waals surface area (Å²) in [5.74, 6) is -1.12. The minimum Gasteiger partial charge on any atom is -0.481 e. The SMILES string of the molecule is CC[C@@H](C)[C@H](C[C@H](O)CC(=O)O)O[C@@H]1O[C@@H](CO)[C@H](O)[C@H]1O. The summed E-state index contributed by atoms with van der Waals surface area (Å²) in [4.78, 5) is 10.6. The van der Waals surface area contributed by atoms with Crippen molar-refractivity contribution < 1.29 is 39.8 Å². The van der Waals surface area contributed by atoms with Crippen molar-refractivity contribution in [2.24, 2.45) is 5.92 Å². The van der Waals surface area contributed by atoms with E-state index in [-0.39, 0.29) is 12.3 Å². The quantitative estimate of drug-likeness (QED) is 0.368. The van der Waals surface area contributed by atoms with Crippen LogP contribution in [0.4, 0.5) is 0 Å². The number of carboxylic acid groups (broad SMARTS) is 1. The van der Waals surface area contributed by atoms with Gasteiger partial charge in [-0.2, -0.15) is 0 Å². The lowest BCUT2D eigenvalue weighted by Crippen LogP contribution is -2.38. The molecule has 1 aliphatic rings. The first-order valence-corrected chi connectivity index (χ1v) is 7.47. The van der Waals surface area contributed by atoms with Gasteiger partial charge in [-0.3, -0.25) is 4.79 Å². The summed E-state index contributed by atoms with van der Waals surface area (Å²) in [5, 5.41) is 47.1. The average Bonchev–Trinajstić information content (AvgIpc) is 2.72. The van der Waals surface area contributed by atoms with Crippen LogP contribution >= 0.6 is 0 Å². The number of carbonyl (C=O) groups is 1. The third-order valence-electron chi connectivity index (χ3n) is 4.00. The van der Waals surface area contributed by atoms with Crippen molar-refractivity contribution in [1.82, 2.24) is 0 Å². The molecule has 0 aromatic carbocycles. The first-order chi connectivity index (χ1) is 10.3. The fourth-order valence-electron chi connectivity index (χ4n) is 2.39. The van der Waals surface area contributed by atoms with Crippen LogP contribution in [0.15, 0.2) is 0 Å². The Morgan fingerprint density at radius 1 is 1.32 bits per heavy atom. The maximum Gasteiger partial charge on any atom is 0.305 e. The van der Waals surface area contributed by atoms with Crippen LogP contribution in [0.1, 0.15) is 33.1 Å². The van der Waals surface area contributed by atoms with Crippen LogP contribution < -0.4 is 0 Å². The number of rotatable bonds is 9. The summed E-state index contributed by atoms with van der Waals surface area (Å²) in [6.07, 6.45) is -5.82. The van der Waals surface area contributed by atoms with E-state index in [4.69, 9.17) is 19.7 Å². The lowest BCUT2D eigenvalue weighted by atomic mass is 9.95. The van der Waals surface area contributed by atoms with E-state index in [1.165, 1.54) is 0 Å². The normalized spacial score (nSPS) is 32.6. The van der Waals surface area contributed by atoms with E-state index in [2.05, 4.69) is 0 Å². The summed E-state index contributed by atoms with van der Waals surface area (Å²) >= 11 is 0. The molecule has 0 aromatic heterocycles. The summed E-state index contributed by atoms with van der Waals surface area (Å²) in [5.41, 5.74) is 0. The minimum absolute atomic E-state index is 0.00966. The van der Waals surface area contributed by atoms with Crippen LogP contribution in [-0.2, 0) is 14.3 Å². The van der Waals surface area contributed by atoms with Gasteiger partial charge in [0.1, 0.15) is 18.3 Å². The molecule has 5 N–H and O–H groups in total. The van der Waals surface area contributed by atoms with Crippen molar-refractivity contribution in [3.63, 3.8) is 0 Å². The topological polar surface area (TPSA) is 137 Å². The molecule has 1 fully saturated rings. The maximum atomic E-state index is 10.6. The van der Waals surface area contributed by atoms with E-state index in [0.29, 0.717) is 0 Å². The van der Waals surface area contributed by atoms with Gasteiger partial charge in [-0.1, -0.05) is 20.3 Å². The third kappa shape index (κ3) is 5.15. The van der Waals surface area contributed by atoms with Crippen LogP contribution in [0, 0.1) is 5.92 Å². The smallest absolute Gasteiger partial charge is 0.305 e. The zero-order valence-corrected chi connectivity index (χ0v) is 12.8. The highest BCUT2D eigenvalue weighted by molar-refractivity contribution is 5.67. The molecule has 8 nitrogen and oxygen atoms in total. The van der Waals surface area contributed by atoms with Crippen LogP contribution in [0.3, 0.4) is 0 Å². The summed E-state index contributed by atoms with van der Waals surface area (Å²) < 4.78 is 10.9. The van der Waals surface area contributed by atoms with E-state index >= 15 is 0 Å². The Bertz CT molecular complexity index is 350. The Morgan fingerprint density at radius 2 is 1.95 bits per heavy atom. The highest BCUT2D eigenvalue weighted by atomic mass is 16.7. The van der Waals surface area contributed by atoms with Gasteiger partial charge in [0.05, 0.1) is 25.2 Å². The van der Waals surface area contributed by atoms with Crippen molar-refractivity contribution in [3.05, 3.63) is 0 Å². The van der Waals surface area contributed by atoms with Gasteiger partial charge in [-0.25, -0.2) is 0 Å². The molecule has 0 saturated carbocycles. The van der Waals surface area contributed by atoms with Gasteiger partial charge in [0.2, 0.25) is 0 Å². The molecule has 0 radical (unpaired) electrons. The second-order valence-corrected chi connectivity index (χ2v) is 5.75. The standard InChI is InChI=1S/C14H26O8/c1-3-7(2)9(4-8(16)5-11(17)18)21-14-13(20)12(19)10(6-15)22-14/h7-10,12-16,19-20H,3-6H2,1-2H3,(H,17,18)/t7-,8+,9+,10+,12+,13-,14-/m1/s1. The highest BCUT2D eigenvalue weighted by Crippen LogP contribution is 2.27. The van der Waals surface area contributed by atoms with Gasteiger partial charge in [-0.05, 0) is 5.92 Å². The number of hydrogen-bond donors (Lipinski definition) is 5. The molecule has 8 heteroatoms. The lowest BCUT2D eigenvalue weighted by molar-refractivity contribution is -0.208. The first kappa shape index (κ1) is 19.3. The minimum atomic E-state index is -1.31. The molecule has 1 rings (SSSR count). The number of ether oxygens (including phenoxy) is 2. The monoisotopic (exact) mass is 322 g/mol. The lowest BCUT2D eigenvalue weighted by Gasteiger charge is -2.29. The molecule has 0 spiro atoms. The van der Waals surface area contributed by atoms with Gasteiger partial charge in [-0.15, -0.1) is 0 Å². The molecule has 1 saturated heterocycles. The molecule has 22 heavy (non-hydrogen) atoms. The fourth-order valence-corrected chi connectivity index (χ4v) is 2.39. The Balaban J connectivity index is 2.67. The Hall–Kier alpha value is -0.770. The van der Waals surface area contributed by atoms with Gasteiger partial charge < -0.3 is 35.0 Å². The van der Waals surface area contributed by atoms with E-state index in [0.717, 1.165) is 6.42 Å². The molecule has 130 valence electrons. The maximum absolute atomic E-state index is 10.6. The molecule has 1 aliphatic heterocycles. The molecule has 1 heterocycles. The second kappa shape index (κ2) is 8.76. The van der Waals surface area contributed by atoms with Gasteiger partial charge in [0.15, 0.2) is 6.29 Å². The number of aliphatic hydroxyl groups excluding tert-OH is 4. The van der Waals surface area contributed by atoms with Crippen LogP contribution in [0.2, 0.25) is 0 Å². The fraction of sp³-hybridized carbons (Fsp3) is 0.929. The molecule has 0 amide bonds. The second-order valence-electron chi connectivity index (χ2n) is 5.75. The number of aliphatic carboxylic acids is 1. The predicted octanol–water partition coefficient (Wildman–Crippen LogP) is -0.918. The van der Waals surface area contributed by atoms with Crippen molar-refractivity contribution in [3.8, 4) is 0 Å². The molecule has 0 aromatic rings. The Kier molecular flexibility index (Phi) is 7.67. The van der Waals surface area contributed by atoms with E-state index < -0.39 is 55.8 Å². The van der Waals surface area contributed by atoms with Crippen molar-refractivity contribution in [2.45, 2.75) is 69.9 Å². The van der Waals surface area contributed by atoms with Crippen molar-refractivity contribution in [2.75, 3.05) is 6.61 Å². The number of carboxylic acids is 1. The third-order valence-corrected chi connectivity index (χ3v) is 4.00. The van der Waals surface area contributed by atoms with E-state index in [9.17, 15) is 20.1 Å². The average molecular weight is 322 g/mol. The molecular weight excluding hydrogens is 296 g/mol. The van der Waals surface area contributed by atoms with Crippen molar-refractivity contribution in [1.29, 1.82) is 0 Å². The largest absolute Gasteiger partial charge is 0.481 e. The Labute approximate surface area is 129 Å². The van der Waals surface area contributed by atoms with E-state index in [1.807, 2.05) is 13.8 Å². The number of hydrogen-bond acceptors (Lipinski definition) is 7. The first-order valence-electron chi connectivity index (χ1n) is 7.47. The zero-order chi connectivity index (χ0) is 16.9. The number of aliphatic hydroxyl groups is 4. The summed E-state index contributed by atoms with van der Waals surface area (Å²) in [6, 6.07) is 0. The molecule has 0 bridgehead atoms. The Morgan fingerprint density at radius 3 is 2.41 bits per heavy atom. The molecular formula is C14H26O8. The molecule has 7 atom stereocenters. The van der Waals surface area contributed by atoms with Gasteiger partial charge >= 0.3 is 5.97 Å². The summed E-state index contributed by atoms with van der Waals surface area (Å²) in [7, 11) is 0. The van der Waals surface area contributed by atoms with Crippen molar-refractivity contribution >= 4 is 5.97 Å². The molecule has 0 aliphatic carbocycles. The van der Waals surface area contributed by atoms with Gasteiger partial charge in [0, 0.05) is 6.42 Å². The van der Waals surface area contributed by atoms with Gasteiger partial charge in [0.25, 0.3) is 0 Å². The summed E-state index contributed by atoms with van der Waals surface area (Å²) in [6.45, 7) is 3.34.